The van der Waals surface area contributed by atoms with E-state index in [0.717, 1.165) is 88.5 Å². The zero-order valence-electron chi connectivity index (χ0n) is 35.9. The number of ether oxygens (including phenoxy) is 1. The molecule has 12 nitrogen and oxygen atoms in total. The fraction of sp³-hybridized carbons (Fsp3) is 0.500. The van der Waals surface area contributed by atoms with E-state index < -0.39 is 29.4 Å². The number of unbranched alkanes of at least 4 members (excludes halogenated alkanes) is 4. The number of aromatic nitrogens is 2. The summed E-state index contributed by atoms with van der Waals surface area (Å²) in [6, 6.07) is 8.08. The number of anilines is 1. The number of amides is 4. The van der Waals surface area contributed by atoms with Crippen LogP contribution in [0.2, 0.25) is 5.02 Å². The van der Waals surface area contributed by atoms with Gasteiger partial charge in [0, 0.05) is 62.1 Å². The van der Waals surface area contributed by atoms with Crippen LogP contribution in [0, 0.1) is 23.4 Å². The molecule has 338 valence electrons. The first-order valence-electron chi connectivity index (χ1n) is 22.8. The smallest absolute Gasteiger partial charge is 0.255 e. The number of carbonyl (C=O) groups is 4. The van der Waals surface area contributed by atoms with E-state index in [9.17, 15) is 23.6 Å². The molecule has 0 bridgehead atoms. The lowest BCUT2D eigenvalue weighted by molar-refractivity contribution is -0.137. The number of imide groups is 1. The van der Waals surface area contributed by atoms with Crippen molar-refractivity contribution < 1.29 is 37.1 Å². The van der Waals surface area contributed by atoms with Crippen molar-refractivity contribution in [1.29, 1.82) is 0 Å². The number of hydrogen-bond acceptors (Lipinski definition) is 9. The summed E-state index contributed by atoms with van der Waals surface area (Å²) in [6.07, 6.45) is 10.9. The number of likely N-dealkylation sites (tertiary alicyclic amines) is 1. The second kappa shape index (κ2) is 19.1. The van der Waals surface area contributed by atoms with Crippen molar-refractivity contribution >= 4 is 52.0 Å². The number of hydrogen-bond donors (Lipinski definition) is 1. The van der Waals surface area contributed by atoms with E-state index in [1.807, 2.05) is 9.80 Å². The molecular weight excluding hydrogens is 847 g/mol. The minimum Gasteiger partial charge on any atom is -0.493 e. The van der Waals surface area contributed by atoms with E-state index in [-0.39, 0.29) is 70.4 Å². The molecule has 9 rings (SSSR count). The summed E-state index contributed by atoms with van der Waals surface area (Å²) in [5.41, 5.74) is 1.82. The summed E-state index contributed by atoms with van der Waals surface area (Å²) in [6.45, 7) is 5.41. The highest BCUT2D eigenvalue weighted by Crippen LogP contribution is 2.43. The third-order valence-electron chi connectivity index (χ3n) is 13.7. The largest absolute Gasteiger partial charge is 0.493 e. The van der Waals surface area contributed by atoms with Crippen molar-refractivity contribution in [2.24, 2.45) is 5.92 Å². The number of piperidine rings is 2. The van der Waals surface area contributed by atoms with Gasteiger partial charge in [0.2, 0.25) is 17.7 Å². The molecule has 4 aromatic rings. The molecule has 1 unspecified atom stereocenters. The molecule has 3 aromatic carbocycles. The molecular formula is C48H53ClF3N7O5. The Balaban J connectivity index is 0.736. The predicted molar refractivity (Wildman–Crippen MR) is 235 cm³/mol. The fourth-order valence-electron chi connectivity index (χ4n) is 9.97. The Bertz CT molecular complexity index is 2450. The minimum absolute atomic E-state index is 0.0193. The lowest BCUT2D eigenvalue weighted by atomic mass is 9.85. The average molecular weight is 900 g/mol. The number of piperazine rings is 1. The van der Waals surface area contributed by atoms with Gasteiger partial charge in [-0.05, 0) is 118 Å². The zero-order chi connectivity index (χ0) is 44.5. The number of fused-ring (bicyclic) bond motifs is 2. The van der Waals surface area contributed by atoms with E-state index >= 15 is 8.78 Å². The summed E-state index contributed by atoms with van der Waals surface area (Å²) >= 11 is 6.77. The standard InChI is InChI=1S/C48H53ClF3N7O5/c49-36-26-34-45(53-28-54-46(34)58-20-18-57(19-21-58)41(61)23-29-9-10-29)44(52)42(36)43-37(51)7-6-8-39(43)64-22-5-3-1-2-4-15-56-16-13-30(14-17-56)32-24-31(50)25-33-35(32)27-59(48(33)63)38-11-12-40(60)55-47(38)62/h6-8,24-26,28-30,38H,1-5,9-23,27H2,(H,55,60,62). The van der Waals surface area contributed by atoms with E-state index in [2.05, 4.69) is 20.2 Å². The van der Waals surface area contributed by atoms with Gasteiger partial charge in [-0.2, -0.15) is 0 Å². The van der Waals surface area contributed by atoms with Crippen LogP contribution in [-0.2, 0) is 20.9 Å². The molecule has 4 fully saturated rings. The quantitative estimate of drug-likeness (QED) is 0.0940. The van der Waals surface area contributed by atoms with Gasteiger partial charge in [-0.3, -0.25) is 24.5 Å². The monoisotopic (exact) mass is 899 g/mol. The lowest BCUT2D eigenvalue weighted by Gasteiger charge is -2.36. The highest BCUT2D eigenvalue weighted by atomic mass is 35.5. The van der Waals surface area contributed by atoms with Gasteiger partial charge in [-0.1, -0.05) is 36.9 Å². The molecule has 1 atom stereocenters. The van der Waals surface area contributed by atoms with Gasteiger partial charge in [0.25, 0.3) is 5.91 Å². The molecule has 4 aliphatic heterocycles. The Morgan fingerprint density at radius 2 is 1.62 bits per heavy atom. The summed E-state index contributed by atoms with van der Waals surface area (Å²) in [4.78, 5) is 66.7. The van der Waals surface area contributed by atoms with E-state index in [1.54, 1.807) is 18.2 Å². The van der Waals surface area contributed by atoms with Crippen molar-refractivity contribution in [3.63, 3.8) is 0 Å². The van der Waals surface area contributed by atoms with Crippen molar-refractivity contribution in [1.82, 2.24) is 30.0 Å². The first kappa shape index (κ1) is 43.9. The van der Waals surface area contributed by atoms with Crippen LogP contribution < -0.4 is 15.0 Å². The maximum Gasteiger partial charge on any atom is 0.255 e. The average Bonchev–Trinajstić information content (AvgIpc) is 4.05. The maximum absolute atomic E-state index is 16.5. The molecule has 0 radical (unpaired) electrons. The first-order chi connectivity index (χ1) is 31.0. The summed E-state index contributed by atoms with van der Waals surface area (Å²) < 4.78 is 53.0. The van der Waals surface area contributed by atoms with Crippen LogP contribution in [0.1, 0.15) is 104 Å². The van der Waals surface area contributed by atoms with Crippen LogP contribution in [0.4, 0.5) is 19.0 Å². The van der Waals surface area contributed by atoms with Gasteiger partial charge in [0.15, 0.2) is 5.82 Å². The predicted octanol–water partition coefficient (Wildman–Crippen LogP) is 7.79. The fourth-order valence-corrected chi connectivity index (χ4v) is 10.3. The highest BCUT2D eigenvalue weighted by Gasteiger charge is 2.41. The van der Waals surface area contributed by atoms with Gasteiger partial charge in [0.1, 0.15) is 41.1 Å². The molecule has 16 heteroatoms. The van der Waals surface area contributed by atoms with E-state index in [4.69, 9.17) is 16.3 Å². The molecule has 3 saturated heterocycles. The van der Waals surface area contributed by atoms with Crippen molar-refractivity contribution in [3.8, 4) is 16.9 Å². The number of benzene rings is 3. The second-order valence-electron chi connectivity index (χ2n) is 17.9. The van der Waals surface area contributed by atoms with Crippen LogP contribution in [0.25, 0.3) is 22.0 Å². The summed E-state index contributed by atoms with van der Waals surface area (Å²) in [5.74, 6) is -1.53. The Labute approximate surface area is 375 Å². The Kier molecular flexibility index (Phi) is 13.1. The topological polar surface area (TPSA) is 128 Å². The molecule has 1 aliphatic carbocycles. The van der Waals surface area contributed by atoms with Crippen LogP contribution in [0.15, 0.2) is 42.7 Å². The molecule has 5 heterocycles. The van der Waals surface area contributed by atoms with Crippen LogP contribution in [0.3, 0.4) is 0 Å². The number of nitrogens with one attached hydrogen (secondary N) is 1. The normalized spacial score (nSPS) is 19.7. The molecule has 64 heavy (non-hydrogen) atoms. The third-order valence-corrected chi connectivity index (χ3v) is 14.0. The Hall–Kier alpha value is -5.28. The lowest BCUT2D eigenvalue weighted by Crippen LogP contribution is -2.52. The SMILES string of the molecule is O=C1CCC(N2Cc3c(cc(F)cc3C3CCN(CCCCCCCOc4cccc(F)c4-c4c(Cl)cc5c(N6CCN(C(=O)CC7CC7)CC6)ncnc5c4F)CC3)C2=O)C(=O)N1. The van der Waals surface area contributed by atoms with Crippen molar-refractivity contribution in [2.45, 2.75) is 95.6 Å². The molecule has 1 saturated carbocycles. The van der Waals surface area contributed by atoms with Gasteiger partial charge >= 0.3 is 0 Å². The molecule has 1 aromatic heterocycles. The van der Waals surface area contributed by atoms with Gasteiger partial charge in [-0.15, -0.1) is 0 Å². The Morgan fingerprint density at radius 1 is 0.859 bits per heavy atom. The van der Waals surface area contributed by atoms with Crippen LogP contribution in [0.5, 0.6) is 5.75 Å². The highest BCUT2D eigenvalue weighted by molar-refractivity contribution is 6.34. The second-order valence-corrected chi connectivity index (χ2v) is 18.3. The number of rotatable bonds is 15. The summed E-state index contributed by atoms with van der Waals surface area (Å²) in [7, 11) is 0. The first-order valence-corrected chi connectivity index (χ1v) is 23.2. The Morgan fingerprint density at radius 3 is 2.39 bits per heavy atom. The zero-order valence-corrected chi connectivity index (χ0v) is 36.6. The minimum atomic E-state index is -0.754. The van der Waals surface area contributed by atoms with E-state index in [0.29, 0.717) is 61.9 Å². The molecule has 0 spiro atoms. The summed E-state index contributed by atoms with van der Waals surface area (Å²) in [5, 5.41) is 2.76. The molecule has 5 aliphatic rings. The number of halogens is 4. The van der Waals surface area contributed by atoms with Crippen molar-refractivity contribution in [2.75, 3.05) is 57.3 Å². The van der Waals surface area contributed by atoms with Gasteiger partial charge in [0.05, 0.1) is 17.2 Å². The van der Waals surface area contributed by atoms with Crippen molar-refractivity contribution in [3.05, 3.63) is 81.9 Å². The van der Waals surface area contributed by atoms with Crippen LogP contribution in [-0.4, -0.2) is 107 Å². The molecule has 4 amide bonds. The third kappa shape index (κ3) is 9.28. The number of nitrogens with zero attached hydrogens (tertiary/aromatic N) is 6. The van der Waals surface area contributed by atoms with E-state index in [1.165, 1.54) is 29.4 Å². The number of carbonyl (C=O) groups excluding carboxylic acids is 4. The van der Waals surface area contributed by atoms with Gasteiger partial charge in [-0.25, -0.2) is 23.1 Å². The van der Waals surface area contributed by atoms with Gasteiger partial charge < -0.3 is 24.3 Å². The maximum atomic E-state index is 16.5. The van der Waals surface area contributed by atoms with Crippen LogP contribution >= 0.6 is 11.6 Å². The molecule has 1 N–H and O–H groups in total.